The second-order valence-electron chi connectivity index (χ2n) is 5.08. The quantitative estimate of drug-likeness (QED) is 0.914. The van der Waals surface area contributed by atoms with Crippen molar-refractivity contribution in [2.24, 2.45) is 0 Å². The lowest BCUT2D eigenvalue weighted by atomic mass is 10.0. The van der Waals surface area contributed by atoms with Crippen LogP contribution in [0.5, 0.6) is 0 Å². The van der Waals surface area contributed by atoms with Gasteiger partial charge in [-0.15, -0.1) is 0 Å². The van der Waals surface area contributed by atoms with Crippen LogP contribution in [0, 0.1) is 6.92 Å². The maximum Gasteiger partial charge on any atom is 0.133 e. The molecule has 3 rings (SSSR count). The summed E-state index contributed by atoms with van der Waals surface area (Å²) >= 11 is 0. The molecule has 0 bridgehead atoms. The highest BCUT2D eigenvalue weighted by Gasteiger charge is 2.21. The molecule has 4 nitrogen and oxygen atoms in total. The topological polar surface area (TPSA) is 41.3 Å². The average molecular weight is 257 g/mol. The molecule has 1 aromatic heterocycles. The van der Waals surface area contributed by atoms with Crippen LogP contribution in [0.3, 0.4) is 0 Å². The van der Waals surface area contributed by atoms with Gasteiger partial charge in [-0.25, -0.2) is 0 Å². The van der Waals surface area contributed by atoms with Gasteiger partial charge in [0.1, 0.15) is 5.76 Å². The molecule has 1 aromatic carbocycles. The van der Waals surface area contributed by atoms with Crippen LogP contribution in [0.1, 0.15) is 23.1 Å². The van der Waals surface area contributed by atoms with Crippen molar-refractivity contribution in [2.45, 2.75) is 19.5 Å². The van der Waals surface area contributed by atoms with E-state index in [-0.39, 0.29) is 0 Å². The van der Waals surface area contributed by atoms with Crippen LogP contribution in [0.2, 0.25) is 0 Å². The third kappa shape index (κ3) is 3.03. The van der Waals surface area contributed by atoms with Crippen LogP contribution in [-0.4, -0.2) is 29.7 Å². The Kier molecular flexibility index (Phi) is 3.62. The predicted octanol–water partition coefficient (Wildman–Crippen LogP) is 2.13. The summed E-state index contributed by atoms with van der Waals surface area (Å²) in [5.74, 6) is 0.879. The monoisotopic (exact) mass is 257 g/mol. The maximum absolute atomic E-state index is 5.13. The molecule has 0 amide bonds. The molecule has 0 radical (unpaired) electrons. The predicted molar refractivity (Wildman–Crippen MR) is 73.7 cm³/mol. The van der Waals surface area contributed by atoms with Crippen molar-refractivity contribution in [3.05, 3.63) is 53.4 Å². The van der Waals surface area contributed by atoms with Gasteiger partial charge in [-0.05, 0) is 12.5 Å². The molecule has 1 unspecified atom stereocenters. The molecule has 1 aliphatic rings. The molecule has 1 aliphatic heterocycles. The van der Waals surface area contributed by atoms with E-state index in [1.807, 2.05) is 13.0 Å². The lowest BCUT2D eigenvalue weighted by Gasteiger charge is -2.33. The van der Waals surface area contributed by atoms with E-state index in [1.54, 1.807) is 0 Å². The number of piperazine rings is 1. The fourth-order valence-electron chi connectivity index (χ4n) is 2.58. The molecule has 2 heterocycles. The van der Waals surface area contributed by atoms with Crippen molar-refractivity contribution in [2.75, 3.05) is 19.6 Å². The van der Waals surface area contributed by atoms with Gasteiger partial charge in [-0.2, -0.15) is 0 Å². The number of nitrogens with one attached hydrogen (secondary N) is 1. The van der Waals surface area contributed by atoms with Crippen molar-refractivity contribution in [3.63, 3.8) is 0 Å². The zero-order valence-corrected chi connectivity index (χ0v) is 11.2. The third-order valence-electron chi connectivity index (χ3n) is 3.52. The molecule has 19 heavy (non-hydrogen) atoms. The first-order valence-electron chi connectivity index (χ1n) is 6.74. The number of aryl methyl sites for hydroxylation is 1. The van der Waals surface area contributed by atoms with Crippen LogP contribution < -0.4 is 5.32 Å². The van der Waals surface area contributed by atoms with Crippen LogP contribution in [-0.2, 0) is 6.54 Å². The van der Waals surface area contributed by atoms with E-state index < -0.39 is 0 Å². The largest absolute Gasteiger partial charge is 0.361 e. The molecule has 1 saturated heterocycles. The normalized spacial score (nSPS) is 20.6. The van der Waals surface area contributed by atoms with E-state index in [9.17, 15) is 0 Å². The van der Waals surface area contributed by atoms with Crippen LogP contribution in [0.15, 0.2) is 40.9 Å². The van der Waals surface area contributed by atoms with Gasteiger partial charge in [-0.1, -0.05) is 35.5 Å². The average Bonchev–Trinajstić information content (AvgIpc) is 2.85. The zero-order chi connectivity index (χ0) is 13.1. The Labute approximate surface area is 113 Å². The summed E-state index contributed by atoms with van der Waals surface area (Å²) in [6, 6.07) is 13.0. The van der Waals surface area contributed by atoms with Gasteiger partial charge in [0.05, 0.1) is 5.69 Å². The molecule has 100 valence electrons. The zero-order valence-electron chi connectivity index (χ0n) is 11.2. The molecular formula is C15H19N3O. The minimum Gasteiger partial charge on any atom is -0.361 e. The van der Waals surface area contributed by atoms with Crippen molar-refractivity contribution in [3.8, 4) is 0 Å². The van der Waals surface area contributed by atoms with E-state index in [2.05, 4.69) is 45.7 Å². The van der Waals surface area contributed by atoms with Crippen molar-refractivity contribution in [1.29, 1.82) is 0 Å². The van der Waals surface area contributed by atoms with Gasteiger partial charge in [0.15, 0.2) is 0 Å². The highest BCUT2D eigenvalue weighted by atomic mass is 16.5. The van der Waals surface area contributed by atoms with Gasteiger partial charge in [-0.3, -0.25) is 4.90 Å². The van der Waals surface area contributed by atoms with E-state index in [0.717, 1.165) is 37.6 Å². The molecule has 1 fully saturated rings. The summed E-state index contributed by atoms with van der Waals surface area (Å²) in [6.45, 7) is 5.87. The van der Waals surface area contributed by atoms with Gasteiger partial charge in [0.2, 0.25) is 0 Å². The van der Waals surface area contributed by atoms with E-state index in [1.165, 1.54) is 5.56 Å². The van der Waals surface area contributed by atoms with Gasteiger partial charge < -0.3 is 9.84 Å². The first-order chi connectivity index (χ1) is 9.31. The molecule has 1 N–H and O–H groups in total. The standard InChI is InChI=1S/C15H19N3O/c1-12-9-14(17-19-12)10-18-8-7-16-15(11-18)13-5-3-2-4-6-13/h2-6,9,15-16H,7-8,10-11H2,1H3. The van der Waals surface area contributed by atoms with E-state index in [0.29, 0.717) is 6.04 Å². The van der Waals surface area contributed by atoms with E-state index >= 15 is 0 Å². The van der Waals surface area contributed by atoms with Gasteiger partial charge in [0, 0.05) is 38.3 Å². The second-order valence-corrected chi connectivity index (χ2v) is 5.08. The summed E-state index contributed by atoms with van der Waals surface area (Å²) in [5, 5.41) is 7.64. The fraction of sp³-hybridized carbons (Fsp3) is 0.400. The summed E-state index contributed by atoms with van der Waals surface area (Å²) in [4.78, 5) is 2.42. The van der Waals surface area contributed by atoms with Crippen molar-refractivity contribution >= 4 is 0 Å². The van der Waals surface area contributed by atoms with Crippen molar-refractivity contribution in [1.82, 2.24) is 15.4 Å². The lowest BCUT2D eigenvalue weighted by molar-refractivity contribution is 0.188. The van der Waals surface area contributed by atoms with Crippen LogP contribution in [0.4, 0.5) is 0 Å². The Balaban J connectivity index is 1.65. The summed E-state index contributed by atoms with van der Waals surface area (Å²) in [6.07, 6.45) is 0. The smallest absolute Gasteiger partial charge is 0.133 e. The molecule has 2 aromatic rings. The first-order valence-corrected chi connectivity index (χ1v) is 6.74. The number of hydrogen-bond acceptors (Lipinski definition) is 4. The Morgan fingerprint density at radius 3 is 2.95 bits per heavy atom. The Bertz CT molecular complexity index is 523. The molecule has 0 spiro atoms. The number of nitrogens with zero attached hydrogens (tertiary/aromatic N) is 2. The molecular weight excluding hydrogens is 238 g/mol. The maximum atomic E-state index is 5.13. The van der Waals surface area contributed by atoms with Crippen LogP contribution in [0.25, 0.3) is 0 Å². The second kappa shape index (κ2) is 5.55. The Morgan fingerprint density at radius 2 is 2.21 bits per heavy atom. The highest BCUT2D eigenvalue weighted by molar-refractivity contribution is 5.20. The highest BCUT2D eigenvalue weighted by Crippen LogP contribution is 2.18. The summed E-state index contributed by atoms with van der Waals surface area (Å²) in [7, 11) is 0. The third-order valence-corrected chi connectivity index (χ3v) is 3.52. The van der Waals surface area contributed by atoms with Gasteiger partial charge in [0.25, 0.3) is 0 Å². The molecule has 0 saturated carbocycles. The number of benzene rings is 1. The summed E-state index contributed by atoms with van der Waals surface area (Å²) in [5.41, 5.74) is 2.37. The minimum atomic E-state index is 0.406. The van der Waals surface area contributed by atoms with Crippen molar-refractivity contribution < 1.29 is 4.52 Å². The molecule has 0 aliphatic carbocycles. The fourth-order valence-corrected chi connectivity index (χ4v) is 2.58. The summed E-state index contributed by atoms with van der Waals surface area (Å²) < 4.78 is 5.13. The number of aromatic nitrogens is 1. The molecule has 4 heteroatoms. The Hall–Kier alpha value is -1.65. The minimum absolute atomic E-state index is 0.406. The Morgan fingerprint density at radius 1 is 1.37 bits per heavy atom. The first kappa shape index (κ1) is 12.4. The van der Waals surface area contributed by atoms with E-state index in [4.69, 9.17) is 4.52 Å². The molecule has 1 atom stereocenters. The van der Waals surface area contributed by atoms with Gasteiger partial charge >= 0.3 is 0 Å². The lowest BCUT2D eigenvalue weighted by Crippen LogP contribution is -2.45. The SMILES string of the molecule is Cc1cc(CN2CCNC(c3ccccc3)C2)no1. The number of hydrogen-bond donors (Lipinski definition) is 1. The van der Waals surface area contributed by atoms with Crippen LogP contribution >= 0.6 is 0 Å². The number of rotatable bonds is 3.